The van der Waals surface area contributed by atoms with Gasteiger partial charge in [-0.25, -0.2) is 0 Å². The Hall–Kier alpha value is -3.39. The van der Waals surface area contributed by atoms with Gasteiger partial charge in [0.25, 0.3) is 5.91 Å². The highest BCUT2D eigenvalue weighted by atomic mass is 32.2. The molecule has 0 atom stereocenters. The van der Waals surface area contributed by atoms with Crippen molar-refractivity contribution in [3.8, 4) is 11.5 Å². The predicted molar refractivity (Wildman–Crippen MR) is 129 cm³/mol. The number of fused-ring (bicyclic) bond motifs is 1. The van der Waals surface area contributed by atoms with Crippen molar-refractivity contribution in [2.24, 2.45) is 10.1 Å². The Labute approximate surface area is 191 Å². The maximum Gasteiger partial charge on any atom is 0.283 e. The molecule has 0 unspecified atom stereocenters. The summed E-state index contributed by atoms with van der Waals surface area (Å²) >= 11 is 1.35. The molecule has 2 aromatic carbocycles. The Morgan fingerprint density at radius 2 is 1.75 bits per heavy atom. The number of carbonyl (C=O) groups excluding carboxylic acids is 1. The lowest BCUT2D eigenvalue weighted by Crippen LogP contribution is -2.35. The van der Waals surface area contributed by atoms with E-state index in [1.165, 1.54) is 16.8 Å². The van der Waals surface area contributed by atoms with E-state index in [9.17, 15) is 4.79 Å². The van der Waals surface area contributed by atoms with Crippen LogP contribution in [0.25, 0.3) is 6.08 Å². The van der Waals surface area contributed by atoms with Crippen molar-refractivity contribution in [1.82, 2.24) is 5.01 Å². The number of rotatable bonds is 8. The van der Waals surface area contributed by atoms with E-state index in [0.29, 0.717) is 29.7 Å². The van der Waals surface area contributed by atoms with Crippen LogP contribution in [-0.2, 0) is 4.79 Å². The van der Waals surface area contributed by atoms with Gasteiger partial charge >= 0.3 is 0 Å². The molecule has 0 aliphatic carbocycles. The molecule has 164 valence electrons. The maximum atomic E-state index is 12.6. The van der Waals surface area contributed by atoms with E-state index < -0.39 is 5.91 Å². The topological polar surface area (TPSA) is 87.3 Å². The van der Waals surface area contributed by atoms with Gasteiger partial charge < -0.3 is 9.47 Å². The fourth-order valence-corrected chi connectivity index (χ4v) is 4.24. The first-order valence-electron chi connectivity index (χ1n) is 10.5. The number of amidine groups is 2. The molecular weight excluding hydrogens is 424 g/mol. The first kappa shape index (κ1) is 21.8. The van der Waals surface area contributed by atoms with Crippen LogP contribution >= 0.6 is 11.8 Å². The number of carbonyl (C=O) groups is 1. The van der Waals surface area contributed by atoms with Gasteiger partial charge in [-0.3, -0.25) is 10.2 Å². The molecule has 1 amide bonds. The maximum absolute atomic E-state index is 12.6. The highest BCUT2D eigenvalue weighted by molar-refractivity contribution is 8.26. The standard InChI is InChI=1S/C24H24N4O3S/c1-3-8-21-27-28-22(25)18(23(29)26-24(28)32-21)15-17-10-5-7-12-20(17)31-14-13-30-19-11-6-4-9-16(19)2/h4-7,9-12,15,25H,3,8,13-14H2,1-2H3/b18-15-,25-22?. The summed E-state index contributed by atoms with van der Waals surface area (Å²) in [7, 11) is 0. The van der Waals surface area contributed by atoms with Gasteiger partial charge in [-0.2, -0.15) is 15.1 Å². The molecule has 0 saturated heterocycles. The van der Waals surface area contributed by atoms with E-state index in [0.717, 1.165) is 29.2 Å². The van der Waals surface area contributed by atoms with Gasteiger partial charge in [-0.05, 0) is 55.3 Å². The SMILES string of the molecule is CCCC1=NN2C(=N)/C(=C/c3ccccc3OCCOc3ccccc3C)C(=O)N=C2S1. The molecule has 0 bridgehead atoms. The van der Waals surface area contributed by atoms with E-state index in [1.807, 2.05) is 55.5 Å². The largest absolute Gasteiger partial charge is 0.490 e. The summed E-state index contributed by atoms with van der Waals surface area (Å²) in [5.74, 6) is 1.01. The molecule has 2 aromatic rings. The highest BCUT2D eigenvalue weighted by Gasteiger charge is 2.35. The molecule has 7 nitrogen and oxygen atoms in total. The summed E-state index contributed by atoms with van der Waals surface area (Å²) in [6.45, 7) is 4.79. The van der Waals surface area contributed by atoms with Crippen LogP contribution in [0.1, 0.15) is 30.9 Å². The van der Waals surface area contributed by atoms with Crippen LogP contribution in [0.3, 0.4) is 0 Å². The number of hydrogen-bond acceptors (Lipinski definition) is 6. The Morgan fingerprint density at radius 1 is 1.06 bits per heavy atom. The summed E-state index contributed by atoms with van der Waals surface area (Å²) in [4.78, 5) is 16.8. The third-order valence-electron chi connectivity index (χ3n) is 4.87. The molecule has 0 aromatic heterocycles. The number of aliphatic imine (C=N–C) groups is 1. The van der Waals surface area contributed by atoms with Crippen molar-refractivity contribution < 1.29 is 14.3 Å². The lowest BCUT2D eigenvalue weighted by molar-refractivity contribution is -0.114. The van der Waals surface area contributed by atoms with Crippen LogP contribution in [0.4, 0.5) is 0 Å². The van der Waals surface area contributed by atoms with Crippen molar-refractivity contribution in [3.05, 3.63) is 65.2 Å². The second-order valence-corrected chi connectivity index (χ2v) is 8.30. The summed E-state index contributed by atoms with van der Waals surface area (Å²) < 4.78 is 11.7. The molecular formula is C24H24N4O3S. The summed E-state index contributed by atoms with van der Waals surface area (Å²) in [5, 5.41) is 15.7. The summed E-state index contributed by atoms with van der Waals surface area (Å²) in [5.41, 5.74) is 1.94. The van der Waals surface area contributed by atoms with Crippen LogP contribution in [0, 0.1) is 12.3 Å². The van der Waals surface area contributed by atoms with Gasteiger partial charge in [-0.15, -0.1) is 0 Å². The van der Waals surface area contributed by atoms with E-state index in [1.54, 1.807) is 6.08 Å². The molecule has 0 fully saturated rings. The Kier molecular flexibility index (Phi) is 6.70. The third kappa shape index (κ3) is 4.75. The van der Waals surface area contributed by atoms with Gasteiger partial charge in [0.05, 0.1) is 5.57 Å². The van der Waals surface area contributed by atoms with E-state index in [-0.39, 0.29) is 11.4 Å². The number of thioether (sulfide) groups is 1. The first-order valence-corrected chi connectivity index (χ1v) is 11.3. The average Bonchev–Trinajstić information content (AvgIpc) is 3.19. The van der Waals surface area contributed by atoms with Crippen molar-refractivity contribution in [1.29, 1.82) is 5.41 Å². The molecule has 2 aliphatic heterocycles. The van der Waals surface area contributed by atoms with Crippen molar-refractivity contribution in [3.63, 3.8) is 0 Å². The van der Waals surface area contributed by atoms with Crippen molar-refractivity contribution in [2.45, 2.75) is 26.7 Å². The van der Waals surface area contributed by atoms with Gasteiger partial charge in [0, 0.05) is 5.56 Å². The Morgan fingerprint density at radius 3 is 2.50 bits per heavy atom. The number of hydrazone groups is 1. The zero-order valence-corrected chi connectivity index (χ0v) is 18.8. The van der Waals surface area contributed by atoms with E-state index in [2.05, 4.69) is 17.0 Å². The van der Waals surface area contributed by atoms with Crippen molar-refractivity contribution >= 4 is 39.8 Å². The van der Waals surface area contributed by atoms with Gasteiger partial charge in [-0.1, -0.05) is 43.3 Å². The Bertz CT molecular complexity index is 1140. The molecule has 0 radical (unpaired) electrons. The van der Waals surface area contributed by atoms with Crippen LogP contribution in [-0.4, -0.2) is 40.2 Å². The normalized spacial score (nSPS) is 16.7. The van der Waals surface area contributed by atoms with Crippen LogP contribution < -0.4 is 9.47 Å². The smallest absolute Gasteiger partial charge is 0.283 e. The van der Waals surface area contributed by atoms with Gasteiger partial charge in [0.15, 0.2) is 5.84 Å². The minimum absolute atomic E-state index is 0.0243. The molecule has 4 rings (SSSR count). The van der Waals surface area contributed by atoms with Crippen LogP contribution in [0.5, 0.6) is 11.5 Å². The van der Waals surface area contributed by atoms with E-state index >= 15 is 0 Å². The minimum Gasteiger partial charge on any atom is -0.490 e. The average molecular weight is 449 g/mol. The van der Waals surface area contributed by atoms with Gasteiger partial charge in [0.2, 0.25) is 5.17 Å². The first-order chi connectivity index (χ1) is 15.6. The van der Waals surface area contributed by atoms with Crippen molar-refractivity contribution in [2.75, 3.05) is 13.2 Å². The lowest BCUT2D eigenvalue weighted by atomic mass is 10.1. The third-order valence-corrected chi connectivity index (χ3v) is 5.84. The zero-order valence-electron chi connectivity index (χ0n) is 18.0. The molecule has 1 N–H and O–H groups in total. The fraction of sp³-hybridized carbons (Fsp3) is 0.250. The highest BCUT2D eigenvalue weighted by Crippen LogP contribution is 2.31. The van der Waals surface area contributed by atoms with Crippen LogP contribution in [0.2, 0.25) is 0 Å². The molecule has 2 aliphatic rings. The van der Waals surface area contributed by atoms with E-state index in [4.69, 9.17) is 14.9 Å². The molecule has 8 heteroatoms. The minimum atomic E-state index is -0.445. The number of nitrogens with one attached hydrogen (secondary N) is 1. The van der Waals surface area contributed by atoms with Gasteiger partial charge in [0.1, 0.15) is 29.8 Å². The number of nitrogens with zero attached hydrogens (tertiary/aromatic N) is 3. The second kappa shape index (κ2) is 9.82. The molecule has 0 saturated carbocycles. The fourth-order valence-electron chi connectivity index (χ4n) is 3.25. The lowest BCUT2D eigenvalue weighted by Gasteiger charge is -2.20. The summed E-state index contributed by atoms with van der Waals surface area (Å²) in [6, 6.07) is 15.2. The second-order valence-electron chi connectivity index (χ2n) is 7.26. The quantitative estimate of drug-likeness (QED) is 0.460. The number of aryl methyl sites for hydroxylation is 1. The number of ether oxygens (including phenoxy) is 2. The number of benzene rings is 2. The number of amides is 1. The molecule has 0 spiro atoms. The number of hydrogen-bond donors (Lipinski definition) is 1. The molecule has 2 heterocycles. The Balaban J connectivity index is 1.47. The molecule has 32 heavy (non-hydrogen) atoms. The zero-order chi connectivity index (χ0) is 22.5. The predicted octanol–water partition coefficient (Wildman–Crippen LogP) is 4.87. The number of para-hydroxylation sites is 2. The summed E-state index contributed by atoms with van der Waals surface area (Å²) in [6.07, 6.45) is 3.37. The van der Waals surface area contributed by atoms with Crippen LogP contribution in [0.15, 0.2) is 64.2 Å². The monoisotopic (exact) mass is 448 g/mol.